The summed E-state index contributed by atoms with van der Waals surface area (Å²) in [4.78, 5) is 16.3. The van der Waals surface area contributed by atoms with Crippen molar-refractivity contribution in [3.05, 3.63) is 48.2 Å². The molecule has 0 spiro atoms. The van der Waals surface area contributed by atoms with Crippen LogP contribution in [0.1, 0.15) is 12.5 Å². The highest BCUT2D eigenvalue weighted by atomic mass is 32.2. The van der Waals surface area contributed by atoms with Crippen LogP contribution in [0.2, 0.25) is 0 Å². The van der Waals surface area contributed by atoms with Gasteiger partial charge in [-0.15, -0.1) is 0 Å². The number of pyridine rings is 1. The van der Waals surface area contributed by atoms with Crippen LogP contribution >= 0.6 is 11.8 Å². The number of aromatic nitrogens is 1. The highest BCUT2D eigenvalue weighted by Gasteiger charge is 2.31. The molecule has 2 heterocycles. The zero-order valence-corrected chi connectivity index (χ0v) is 18.1. The number of rotatable bonds is 6. The molecule has 0 unspecified atom stereocenters. The Morgan fingerprint density at radius 3 is 2.55 bits per heavy atom. The number of hydrogen-bond donors (Lipinski definition) is 1. The van der Waals surface area contributed by atoms with Gasteiger partial charge in [0.2, 0.25) is 15.9 Å². The number of hydrogen-bond acceptors (Lipinski definition) is 6. The van der Waals surface area contributed by atoms with Gasteiger partial charge in [0, 0.05) is 25.0 Å². The molecular weight excluding hydrogens is 455 g/mol. The van der Waals surface area contributed by atoms with E-state index in [2.05, 4.69) is 10.3 Å². The summed E-state index contributed by atoms with van der Waals surface area (Å²) in [5.74, 6) is -0.437. The molecule has 3 rings (SSSR count). The predicted molar refractivity (Wildman–Crippen MR) is 109 cm³/mol. The molecule has 0 saturated carbocycles. The number of thioether (sulfide) groups is 1. The van der Waals surface area contributed by atoms with Crippen LogP contribution in [-0.4, -0.2) is 55.2 Å². The summed E-state index contributed by atoms with van der Waals surface area (Å²) in [5, 5.41) is 2.22. The maximum Gasteiger partial charge on any atom is 0.417 e. The number of nitrogens with zero attached hydrogens (tertiary/aromatic N) is 2. The average Bonchev–Trinajstić information content (AvgIpc) is 2.74. The van der Waals surface area contributed by atoms with E-state index >= 15 is 0 Å². The van der Waals surface area contributed by atoms with Gasteiger partial charge in [-0.1, -0.05) is 17.8 Å². The van der Waals surface area contributed by atoms with Gasteiger partial charge >= 0.3 is 6.18 Å². The summed E-state index contributed by atoms with van der Waals surface area (Å²) >= 11 is 0.992. The van der Waals surface area contributed by atoms with Crippen LogP contribution in [0.25, 0.3) is 0 Å². The third-order valence-electron chi connectivity index (χ3n) is 4.44. The lowest BCUT2D eigenvalue weighted by Gasteiger charge is -2.26. The molecule has 1 atom stereocenters. The van der Waals surface area contributed by atoms with Crippen molar-refractivity contribution in [2.45, 2.75) is 28.3 Å². The van der Waals surface area contributed by atoms with Crippen molar-refractivity contribution < 1.29 is 31.1 Å². The molecule has 1 aliphatic heterocycles. The van der Waals surface area contributed by atoms with Crippen molar-refractivity contribution in [2.24, 2.45) is 0 Å². The Bertz CT molecular complexity index is 1020. The van der Waals surface area contributed by atoms with Crippen molar-refractivity contribution in [3.63, 3.8) is 0 Å². The van der Waals surface area contributed by atoms with E-state index in [4.69, 9.17) is 4.74 Å². The number of carbonyl (C=O) groups excluding carboxylic acids is 1. The molecule has 1 fully saturated rings. The van der Waals surface area contributed by atoms with Crippen LogP contribution in [0, 0.1) is 0 Å². The number of amides is 1. The average molecular weight is 476 g/mol. The second-order valence-electron chi connectivity index (χ2n) is 6.68. The number of halogens is 3. The van der Waals surface area contributed by atoms with Gasteiger partial charge in [-0.3, -0.25) is 4.79 Å². The van der Waals surface area contributed by atoms with Crippen LogP contribution in [0.4, 0.5) is 18.9 Å². The van der Waals surface area contributed by atoms with Crippen LogP contribution in [-0.2, 0) is 25.7 Å². The molecule has 12 heteroatoms. The number of alkyl halides is 3. The maximum absolute atomic E-state index is 12.8. The molecule has 1 aromatic heterocycles. The van der Waals surface area contributed by atoms with Gasteiger partial charge in [-0.25, -0.2) is 13.4 Å². The lowest BCUT2D eigenvalue weighted by molar-refractivity contribution is -0.137. The minimum absolute atomic E-state index is 0.0527. The fourth-order valence-corrected chi connectivity index (χ4v) is 5.01. The van der Waals surface area contributed by atoms with E-state index in [1.165, 1.54) is 28.6 Å². The summed E-state index contributed by atoms with van der Waals surface area (Å²) in [6, 6.07) is 8.01. The molecule has 1 N–H and O–H groups in total. The van der Waals surface area contributed by atoms with Gasteiger partial charge in [0.25, 0.3) is 0 Å². The normalized spacial score (nSPS) is 16.6. The number of benzene rings is 1. The van der Waals surface area contributed by atoms with E-state index in [1.807, 2.05) is 0 Å². The fraction of sp³-hybridized carbons (Fsp3) is 0.368. The monoisotopic (exact) mass is 475 g/mol. The third kappa shape index (κ3) is 5.97. The number of sulfonamides is 1. The first-order chi connectivity index (χ1) is 14.6. The maximum atomic E-state index is 12.8. The molecule has 1 saturated heterocycles. The summed E-state index contributed by atoms with van der Waals surface area (Å²) in [6.07, 6.45) is -3.77. The molecule has 2 aromatic rings. The van der Waals surface area contributed by atoms with Gasteiger partial charge in [-0.05, 0) is 37.3 Å². The van der Waals surface area contributed by atoms with Crippen molar-refractivity contribution in [1.29, 1.82) is 0 Å². The molecule has 0 aliphatic carbocycles. The van der Waals surface area contributed by atoms with Crippen LogP contribution < -0.4 is 5.32 Å². The van der Waals surface area contributed by atoms with E-state index in [0.717, 1.165) is 17.8 Å². The van der Waals surface area contributed by atoms with E-state index in [1.54, 1.807) is 13.0 Å². The Balaban J connectivity index is 1.65. The first-order valence-electron chi connectivity index (χ1n) is 9.26. The van der Waals surface area contributed by atoms with E-state index in [-0.39, 0.29) is 23.0 Å². The third-order valence-corrected chi connectivity index (χ3v) is 7.39. The Morgan fingerprint density at radius 2 is 1.94 bits per heavy atom. The summed E-state index contributed by atoms with van der Waals surface area (Å²) in [6.45, 7) is 2.73. The lowest BCUT2D eigenvalue weighted by Crippen LogP contribution is -2.40. The standard InChI is InChI=1S/C19H20F3N3O4S2/c1-13(30-17-6-5-14(12-23-17)19(20,21)22)18(26)24-15-3-2-4-16(11-15)31(27,28)25-7-9-29-10-8-25/h2-6,11-13H,7-10H2,1H3,(H,24,26)/t13-/m0/s1. The highest BCUT2D eigenvalue weighted by molar-refractivity contribution is 8.00. The minimum Gasteiger partial charge on any atom is -0.379 e. The van der Waals surface area contributed by atoms with Crippen molar-refractivity contribution >= 4 is 33.4 Å². The molecule has 0 radical (unpaired) electrons. The van der Waals surface area contributed by atoms with E-state index in [9.17, 15) is 26.4 Å². The Morgan fingerprint density at radius 1 is 1.23 bits per heavy atom. The molecule has 1 aromatic carbocycles. The minimum atomic E-state index is -4.48. The molecule has 1 amide bonds. The molecule has 7 nitrogen and oxygen atoms in total. The SMILES string of the molecule is C[C@H](Sc1ccc(C(F)(F)F)cn1)C(=O)Nc1cccc(S(=O)(=O)N2CCOCC2)c1. The summed E-state index contributed by atoms with van der Waals surface area (Å²) in [7, 11) is -3.71. The molecule has 1 aliphatic rings. The molecule has 168 valence electrons. The lowest BCUT2D eigenvalue weighted by atomic mass is 10.3. The van der Waals surface area contributed by atoms with Gasteiger partial charge in [-0.2, -0.15) is 17.5 Å². The van der Waals surface area contributed by atoms with Crippen LogP contribution in [0.5, 0.6) is 0 Å². The van der Waals surface area contributed by atoms with E-state index < -0.39 is 32.9 Å². The largest absolute Gasteiger partial charge is 0.417 e. The fourth-order valence-electron chi connectivity index (χ4n) is 2.77. The number of nitrogens with one attached hydrogen (secondary N) is 1. The van der Waals surface area contributed by atoms with Crippen molar-refractivity contribution in [2.75, 3.05) is 31.6 Å². The van der Waals surface area contributed by atoms with Gasteiger partial charge in [0.05, 0.1) is 33.9 Å². The second-order valence-corrected chi connectivity index (χ2v) is 9.98. The predicted octanol–water partition coefficient (Wildman–Crippen LogP) is 3.24. The Labute approximate surface area is 182 Å². The molecule has 0 bridgehead atoms. The highest BCUT2D eigenvalue weighted by Crippen LogP contribution is 2.30. The zero-order valence-electron chi connectivity index (χ0n) is 16.4. The van der Waals surface area contributed by atoms with Crippen molar-refractivity contribution in [1.82, 2.24) is 9.29 Å². The van der Waals surface area contributed by atoms with Crippen LogP contribution in [0.3, 0.4) is 0 Å². The van der Waals surface area contributed by atoms with E-state index in [0.29, 0.717) is 25.1 Å². The molecule has 31 heavy (non-hydrogen) atoms. The summed E-state index contributed by atoms with van der Waals surface area (Å²) in [5.41, 5.74) is -0.570. The number of anilines is 1. The number of carbonyl (C=O) groups is 1. The zero-order chi connectivity index (χ0) is 22.6. The quantitative estimate of drug-likeness (QED) is 0.646. The second kappa shape index (κ2) is 9.55. The smallest absolute Gasteiger partial charge is 0.379 e. The first kappa shape index (κ1) is 23.5. The topological polar surface area (TPSA) is 88.6 Å². The summed E-state index contributed by atoms with van der Waals surface area (Å²) < 4.78 is 69.9. The van der Waals surface area contributed by atoms with Gasteiger partial charge in [0.1, 0.15) is 0 Å². The first-order valence-corrected chi connectivity index (χ1v) is 11.6. The van der Waals surface area contributed by atoms with Gasteiger partial charge < -0.3 is 10.1 Å². The van der Waals surface area contributed by atoms with Crippen LogP contribution in [0.15, 0.2) is 52.5 Å². The number of ether oxygens (including phenoxy) is 1. The Hall–Kier alpha value is -2.15. The molecular formula is C19H20F3N3O4S2. The van der Waals surface area contributed by atoms with Crippen molar-refractivity contribution in [3.8, 4) is 0 Å². The van der Waals surface area contributed by atoms with Gasteiger partial charge in [0.15, 0.2) is 0 Å². The Kier molecular flexibility index (Phi) is 7.24. The number of morpholine rings is 1.